The minimum Gasteiger partial charge on any atom is -0.497 e. The molecule has 32 heavy (non-hydrogen) atoms. The van der Waals surface area contributed by atoms with Crippen LogP contribution in [0, 0.1) is 5.92 Å². The van der Waals surface area contributed by atoms with Crippen molar-refractivity contribution in [2.24, 2.45) is 5.92 Å². The number of likely N-dealkylation sites (tertiary alicyclic amines) is 1. The van der Waals surface area contributed by atoms with Crippen LogP contribution in [0.15, 0.2) is 53.1 Å². The molecule has 2 heterocycles. The van der Waals surface area contributed by atoms with Crippen LogP contribution in [0.3, 0.4) is 0 Å². The van der Waals surface area contributed by atoms with Crippen LogP contribution in [0.1, 0.15) is 24.3 Å². The number of carbonyl (C=O) groups is 1. The maximum atomic E-state index is 12.5. The van der Waals surface area contributed by atoms with E-state index in [9.17, 15) is 4.79 Å². The van der Waals surface area contributed by atoms with Gasteiger partial charge in [-0.25, -0.2) is 0 Å². The van der Waals surface area contributed by atoms with E-state index in [2.05, 4.69) is 20.4 Å². The zero-order valence-corrected chi connectivity index (χ0v) is 18.8. The van der Waals surface area contributed by atoms with Gasteiger partial charge in [0.05, 0.1) is 13.7 Å². The molecule has 3 aromatic rings. The van der Waals surface area contributed by atoms with E-state index in [0.717, 1.165) is 43.7 Å². The van der Waals surface area contributed by atoms with Gasteiger partial charge in [-0.05, 0) is 74.3 Å². The lowest BCUT2D eigenvalue weighted by molar-refractivity contribution is -0.126. The minimum absolute atomic E-state index is 0.0504. The number of nitrogens with one attached hydrogen (secondary N) is 1. The van der Waals surface area contributed by atoms with E-state index in [0.29, 0.717) is 29.8 Å². The van der Waals surface area contributed by atoms with Gasteiger partial charge < -0.3 is 14.6 Å². The summed E-state index contributed by atoms with van der Waals surface area (Å²) in [6.45, 7) is 2.89. The highest BCUT2D eigenvalue weighted by Crippen LogP contribution is 2.22. The second kappa shape index (κ2) is 10.6. The summed E-state index contributed by atoms with van der Waals surface area (Å²) in [5.74, 6) is 2.17. The van der Waals surface area contributed by atoms with Gasteiger partial charge in [0.1, 0.15) is 5.75 Å². The number of hydrogen-bond donors (Lipinski definition) is 1. The number of hydrogen-bond acceptors (Lipinski definition) is 6. The predicted octanol–water partition coefficient (Wildman–Crippen LogP) is 3.97. The van der Waals surface area contributed by atoms with Gasteiger partial charge in [0.2, 0.25) is 17.6 Å². The Balaban J connectivity index is 1.19. The number of methoxy groups -OCH3 is 1. The number of rotatable bonds is 8. The molecule has 0 spiro atoms. The van der Waals surface area contributed by atoms with Gasteiger partial charge >= 0.3 is 0 Å². The van der Waals surface area contributed by atoms with Crippen molar-refractivity contribution in [3.63, 3.8) is 0 Å². The highest BCUT2D eigenvalue weighted by Gasteiger charge is 2.25. The first kappa shape index (κ1) is 22.3. The van der Waals surface area contributed by atoms with Crippen LogP contribution in [0.4, 0.5) is 0 Å². The number of aromatic nitrogens is 2. The second-order valence-corrected chi connectivity index (χ2v) is 8.39. The van der Waals surface area contributed by atoms with E-state index in [1.807, 2.05) is 36.4 Å². The van der Waals surface area contributed by atoms with Crippen LogP contribution in [-0.2, 0) is 17.8 Å². The number of carbonyl (C=O) groups excluding carboxylic acids is 1. The first-order chi connectivity index (χ1) is 15.6. The average molecular weight is 455 g/mol. The fourth-order valence-electron chi connectivity index (χ4n) is 3.85. The first-order valence-electron chi connectivity index (χ1n) is 10.8. The molecule has 0 radical (unpaired) electrons. The van der Waals surface area contributed by atoms with Crippen molar-refractivity contribution < 1.29 is 14.1 Å². The van der Waals surface area contributed by atoms with Crippen molar-refractivity contribution in [1.29, 1.82) is 0 Å². The van der Waals surface area contributed by atoms with Crippen molar-refractivity contribution in [2.45, 2.75) is 25.8 Å². The fourth-order valence-corrected chi connectivity index (χ4v) is 3.97. The highest BCUT2D eigenvalue weighted by atomic mass is 35.5. The van der Waals surface area contributed by atoms with Gasteiger partial charge in [-0.2, -0.15) is 4.98 Å². The number of amides is 1. The molecule has 0 atom stereocenters. The SMILES string of the molecule is COc1ccc(CCNC(=O)C2CCN(Cc3nc(-c4ccc(Cl)cc4)no3)CC2)cc1. The fraction of sp³-hybridized carbons (Fsp3) is 0.375. The van der Waals surface area contributed by atoms with E-state index in [4.69, 9.17) is 20.9 Å². The predicted molar refractivity (Wildman–Crippen MR) is 122 cm³/mol. The molecule has 2 aromatic carbocycles. The molecular weight excluding hydrogens is 428 g/mol. The summed E-state index contributed by atoms with van der Waals surface area (Å²) in [7, 11) is 1.65. The highest BCUT2D eigenvalue weighted by molar-refractivity contribution is 6.30. The molecule has 7 nitrogen and oxygen atoms in total. The van der Waals surface area contributed by atoms with E-state index in [1.165, 1.54) is 5.56 Å². The molecule has 168 valence electrons. The number of benzene rings is 2. The number of piperidine rings is 1. The zero-order chi connectivity index (χ0) is 22.3. The van der Waals surface area contributed by atoms with Gasteiger partial charge in [-0.3, -0.25) is 9.69 Å². The summed E-state index contributed by atoms with van der Waals surface area (Å²) in [6, 6.07) is 15.3. The number of ether oxygens (including phenoxy) is 1. The molecule has 1 saturated heterocycles. The van der Waals surface area contributed by atoms with E-state index in [1.54, 1.807) is 19.2 Å². The molecule has 0 aliphatic carbocycles. The topological polar surface area (TPSA) is 80.5 Å². The molecule has 1 aliphatic rings. The molecule has 1 aromatic heterocycles. The summed E-state index contributed by atoms with van der Waals surface area (Å²) in [4.78, 5) is 19.3. The van der Waals surface area contributed by atoms with Crippen molar-refractivity contribution >= 4 is 17.5 Å². The summed E-state index contributed by atoms with van der Waals surface area (Å²) in [5, 5.41) is 7.82. The van der Waals surface area contributed by atoms with E-state index >= 15 is 0 Å². The summed E-state index contributed by atoms with van der Waals surface area (Å²) in [5.41, 5.74) is 2.05. The van der Waals surface area contributed by atoms with Crippen LogP contribution >= 0.6 is 11.6 Å². The monoisotopic (exact) mass is 454 g/mol. The van der Waals surface area contributed by atoms with Crippen LogP contribution in [0.5, 0.6) is 5.75 Å². The molecule has 1 aliphatic heterocycles. The molecule has 0 bridgehead atoms. The third-order valence-electron chi connectivity index (χ3n) is 5.76. The van der Waals surface area contributed by atoms with Crippen LogP contribution < -0.4 is 10.1 Å². The summed E-state index contributed by atoms with van der Waals surface area (Å²) >= 11 is 5.93. The average Bonchev–Trinajstić information content (AvgIpc) is 3.29. The third-order valence-corrected chi connectivity index (χ3v) is 6.01. The normalized spacial score (nSPS) is 14.9. The quantitative estimate of drug-likeness (QED) is 0.554. The van der Waals surface area contributed by atoms with E-state index in [-0.39, 0.29) is 11.8 Å². The lowest BCUT2D eigenvalue weighted by Crippen LogP contribution is -2.40. The molecule has 4 rings (SSSR count). The van der Waals surface area contributed by atoms with E-state index < -0.39 is 0 Å². The van der Waals surface area contributed by atoms with Crippen LogP contribution in [-0.4, -0.2) is 47.7 Å². The Kier molecular flexibility index (Phi) is 7.39. The molecular formula is C24H27ClN4O3. The Morgan fingerprint density at radius 2 is 1.88 bits per heavy atom. The lowest BCUT2D eigenvalue weighted by atomic mass is 9.96. The lowest BCUT2D eigenvalue weighted by Gasteiger charge is -2.30. The maximum Gasteiger partial charge on any atom is 0.241 e. The Morgan fingerprint density at radius 1 is 1.16 bits per heavy atom. The Labute approximate surface area is 192 Å². The summed E-state index contributed by atoms with van der Waals surface area (Å²) in [6.07, 6.45) is 2.46. The smallest absolute Gasteiger partial charge is 0.241 e. The maximum absolute atomic E-state index is 12.5. The van der Waals surface area contributed by atoms with Crippen molar-refractivity contribution in [1.82, 2.24) is 20.4 Å². The van der Waals surface area contributed by atoms with Crippen LogP contribution in [0.25, 0.3) is 11.4 Å². The Morgan fingerprint density at radius 3 is 2.56 bits per heavy atom. The Bertz CT molecular complexity index is 1010. The van der Waals surface area contributed by atoms with Gasteiger partial charge in [-0.15, -0.1) is 0 Å². The second-order valence-electron chi connectivity index (χ2n) is 7.96. The van der Waals surface area contributed by atoms with Gasteiger partial charge in [0, 0.05) is 23.0 Å². The number of nitrogens with zero attached hydrogens (tertiary/aromatic N) is 3. The molecule has 1 amide bonds. The first-order valence-corrected chi connectivity index (χ1v) is 11.2. The largest absolute Gasteiger partial charge is 0.497 e. The molecule has 1 fully saturated rings. The van der Waals surface area contributed by atoms with Gasteiger partial charge in [0.15, 0.2) is 0 Å². The molecule has 0 saturated carbocycles. The summed E-state index contributed by atoms with van der Waals surface area (Å²) < 4.78 is 10.6. The van der Waals surface area contributed by atoms with Gasteiger partial charge in [-0.1, -0.05) is 28.9 Å². The minimum atomic E-state index is 0.0504. The number of halogens is 1. The zero-order valence-electron chi connectivity index (χ0n) is 18.1. The van der Waals surface area contributed by atoms with Crippen molar-refractivity contribution in [3.05, 3.63) is 65.0 Å². The third kappa shape index (κ3) is 5.87. The molecule has 0 unspecified atom stereocenters. The van der Waals surface area contributed by atoms with Crippen molar-refractivity contribution in [3.8, 4) is 17.1 Å². The van der Waals surface area contributed by atoms with Crippen molar-refractivity contribution in [2.75, 3.05) is 26.7 Å². The van der Waals surface area contributed by atoms with Crippen LogP contribution in [0.2, 0.25) is 5.02 Å². The Hall–Kier alpha value is -2.90. The standard InChI is InChI=1S/C24H27ClN4O3/c1-31-21-8-2-17(3-9-21)10-13-26-24(30)19-11-14-29(15-12-19)16-22-27-23(28-32-22)18-4-6-20(25)7-5-18/h2-9,19H,10-16H2,1H3,(H,26,30). The molecule has 8 heteroatoms. The van der Waals surface area contributed by atoms with Gasteiger partial charge in [0.25, 0.3) is 0 Å². The molecule has 1 N–H and O–H groups in total.